The number of halogens is 3. The molecule has 1 N–H and O–H groups in total. The Hall–Kier alpha value is -2.00. The van der Waals surface area contributed by atoms with Crippen LogP contribution < -0.4 is 4.72 Å². The molecule has 2 aromatic rings. The van der Waals surface area contributed by atoms with Crippen LogP contribution in [0.25, 0.3) is 0 Å². The van der Waals surface area contributed by atoms with E-state index in [1.54, 1.807) is 4.90 Å². The van der Waals surface area contributed by atoms with Crippen molar-refractivity contribution in [2.45, 2.75) is 18.7 Å². The van der Waals surface area contributed by atoms with E-state index in [1.165, 1.54) is 24.3 Å². The average molecular weight is 447 g/mol. The van der Waals surface area contributed by atoms with Crippen LogP contribution in [0.1, 0.15) is 24.2 Å². The van der Waals surface area contributed by atoms with E-state index in [2.05, 4.69) is 20.7 Å². The van der Waals surface area contributed by atoms with Crippen LogP contribution in [0, 0.1) is 11.6 Å². The summed E-state index contributed by atoms with van der Waals surface area (Å²) in [6.07, 6.45) is 0. The van der Waals surface area contributed by atoms with Gasteiger partial charge in [0.2, 0.25) is 0 Å². The first-order valence-corrected chi connectivity index (χ1v) is 10.0. The van der Waals surface area contributed by atoms with Crippen LogP contribution in [0.3, 0.4) is 0 Å². The molecule has 9 heteroatoms. The Bertz CT molecular complexity index is 914. The molecule has 2 aromatic carbocycles. The Labute approximate surface area is 159 Å². The van der Waals surface area contributed by atoms with Gasteiger partial charge in [-0.3, -0.25) is 9.52 Å². The molecule has 0 saturated heterocycles. The normalized spacial score (nSPS) is 11.3. The fourth-order valence-corrected chi connectivity index (χ4v) is 3.74. The van der Waals surface area contributed by atoms with Gasteiger partial charge in [-0.1, -0.05) is 0 Å². The minimum absolute atomic E-state index is 0.129. The van der Waals surface area contributed by atoms with E-state index >= 15 is 0 Å². The maximum atomic E-state index is 13.9. The highest BCUT2D eigenvalue weighted by Gasteiger charge is 2.22. The molecule has 2 rings (SSSR count). The summed E-state index contributed by atoms with van der Waals surface area (Å²) >= 11 is 2.79. The fraction of sp³-hybridized carbons (Fsp3) is 0.235. The van der Waals surface area contributed by atoms with Gasteiger partial charge < -0.3 is 4.90 Å². The molecule has 0 fully saturated rings. The van der Waals surface area contributed by atoms with Gasteiger partial charge in [-0.05, 0) is 66.2 Å². The van der Waals surface area contributed by atoms with E-state index < -0.39 is 26.6 Å². The number of carbonyl (C=O) groups excluding carboxylic acids is 1. The van der Waals surface area contributed by atoms with Crippen molar-refractivity contribution >= 4 is 37.5 Å². The fourth-order valence-electron chi connectivity index (χ4n) is 2.29. The number of amides is 1. The number of benzene rings is 2. The van der Waals surface area contributed by atoms with Crippen LogP contribution in [0.2, 0.25) is 0 Å². The first kappa shape index (κ1) is 20.3. The van der Waals surface area contributed by atoms with Crippen LogP contribution in [-0.2, 0) is 10.0 Å². The highest BCUT2D eigenvalue weighted by atomic mass is 79.9. The van der Waals surface area contributed by atoms with Gasteiger partial charge in [0.15, 0.2) is 0 Å². The summed E-state index contributed by atoms with van der Waals surface area (Å²) in [5, 5.41) is 0. The van der Waals surface area contributed by atoms with E-state index in [-0.39, 0.29) is 16.1 Å². The van der Waals surface area contributed by atoms with Gasteiger partial charge in [0.1, 0.15) is 16.5 Å². The van der Waals surface area contributed by atoms with Gasteiger partial charge in [0, 0.05) is 24.3 Å². The van der Waals surface area contributed by atoms with Crippen molar-refractivity contribution in [2.75, 3.05) is 17.8 Å². The molecule has 0 atom stereocenters. The van der Waals surface area contributed by atoms with Gasteiger partial charge >= 0.3 is 0 Å². The van der Waals surface area contributed by atoms with Crippen LogP contribution in [0.15, 0.2) is 45.8 Å². The smallest absolute Gasteiger partial charge is 0.264 e. The summed E-state index contributed by atoms with van der Waals surface area (Å²) in [7, 11) is -4.32. The van der Waals surface area contributed by atoms with Gasteiger partial charge in [-0.2, -0.15) is 0 Å². The molecule has 0 aliphatic heterocycles. The van der Waals surface area contributed by atoms with Gasteiger partial charge in [0.25, 0.3) is 15.9 Å². The Morgan fingerprint density at radius 3 is 2.19 bits per heavy atom. The topological polar surface area (TPSA) is 66.5 Å². The van der Waals surface area contributed by atoms with E-state index in [4.69, 9.17) is 0 Å². The standard InChI is InChI=1S/C17H17BrF2N2O3S/c1-3-22(4-2)17(23)11-5-7-12(8-6-11)21-26(24,25)16-10-14(19)13(18)9-15(16)20/h5-10,21H,3-4H2,1-2H3. The number of rotatable bonds is 6. The molecule has 0 heterocycles. The number of carbonyl (C=O) groups is 1. The number of nitrogens with one attached hydrogen (secondary N) is 1. The molecular weight excluding hydrogens is 430 g/mol. The number of anilines is 1. The largest absolute Gasteiger partial charge is 0.339 e. The summed E-state index contributed by atoms with van der Waals surface area (Å²) in [4.78, 5) is 13.1. The third kappa shape index (κ3) is 4.39. The maximum Gasteiger partial charge on any atom is 0.264 e. The van der Waals surface area contributed by atoms with Crippen LogP contribution >= 0.6 is 15.9 Å². The van der Waals surface area contributed by atoms with Crippen molar-refractivity contribution in [3.63, 3.8) is 0 Å². The molecule has 0 unspecified atom stereocenters. The van der Waals surface area contributed by atoms with Crippen LogP contribution in [0.4, 0.5) is 14.5 Å². The highest BCUT2D eigenvalue weighted by molar-refractivity contribution is 9.10. The quantitative estimate of drug-likeness (QED) is 0.681. The molecule has 0 radical (unpaired) electrons. The van der Waals surface area contributed by atoms with Gasteiger partial charge in [-0.25, -0.2) is 17.2 Å². The van der Waals surface area contributed by atoms with E-state index in [9.17, 15) is 22.0 Å². The highest BCUT2D eigenvalue weighted by Crippen LogP contribution is 2.25. The number of hydrogen-bond acceptors (Lipinski definition) is 3. The van der Waals surface area contributed by atoms with Crippen molar-refractivity contribution in [3.8, 4) is 0 Å². The summed E-state index contributed by atoms with van der Waals surface area (Å²) in [6, 6.07) is 7.06. The summed E-state index contributed by atoms with van der Waals surface area (Å²) in [6.45, 7) is 4.82. The SMILES string of the molecule is CCN(CC)C(=O)c1ccc(NS(=O)(=O)c2cc(F)c(Br)cc2F)cc1. The lowest BCUT2D eigenvalue weighted by Gasteiger charge is -2.18. The predicted octanol–water partition coefficient (Wildman–Crippen LogP) is 4.01. The second kappa shape index (κ2) is 8.13. The molecule has 1 amide bonds. The third-order valence-corrected chi connectivity index (χ3v) is 5.70. The maximum absolute atomic E-state index is 13.9. The van der Waals surface area contributed by atoms with E-state index in [0.717, 1.165) is 6.07 Å². The average Bonchev–Trinajstić information content (AvgIpc) is 2.59. The van der Waals surface area contributed by atoms with Gasteiger partial charge in [0.05, 0.1) is 4.47 Å². The lowest BCUT2D eigenvalue weighted by atomic mass is 10.2. The monoisotopic (exact) mass is 446 g/mol. The molecule has 0 bridgehead atoms. The minimum atomic E-state index is -4.32. The Kier molecular flexibility index (Phi) is 6.35. The van der Waals surface area contributed by atoms with Crippen molar-refractivity contribution < 1.29 is 22.0 Å². The second-order valence-corrected chi connectivity index (χ2v) is 7.86. The van der Waals surface area contributed by atoms with E-state index in [0.29, 0.717) is 24.7 Å². The van der Waals surface area contributed by atoms with Crippen LogP contribution in [-0.4, -0.2) is 32.3 Å². The van der Waals surface area contributed by atoms with Crippen LogP contribution in [0.5, 0.6) is 0 Å². The van der Waals surface area contributed by atoms with Crippen molar-refractivity contribution in [1.29, 1.82) is 0 Å². The van der Waals surface area contributed by atoms with Crippen molar-refractivity contribution in [3.05, 3.63) is 58.1 Å². The Morgan fingerprint density at radius 2 is 1.65 bits per heavy atom. The molecule has 0 aromatic heterocycles. The second-order valence-electron chi connectivity index (χ2n) is 5.36. The number of nitrogens with zero attached hydrogens (tertiary/aromatic N) is 1. The van der Waals surface area contributed by atoms with Gasteiger partial charge in [-0.15, -0.1) is 0 Å². The Morgan fingerprint density at radius 1 is 1.08 bits per heavy atom. The zero-order chi connectivity index (χ0) is 19.5. The molecule has 0 spiro atoms. The Balaban J connectivity index is 2.26. The molecule has 0 saturated carbocycles. The first-order valence-electron chi connectivity index (χ1n) is 7.76. The first-order chi connectivity index (χ1) is 12.2. The summed E-state index contributed by atoms with van der Waals surface area (Å²) < 4.78 is 54.1. The molecule has 140 valence electrons. The minimum Gasteiger partial charge on any atom is -0.339 e. The van der Waals surface area contributed by atoms with Crippen molar-refractivity contribution in [1.82, 2.24) is 4.90 Å². The lowest BCUT2D eigenvalue weighted by Crippen LogP contribution is -2.30. The number of sulfonamides is 1. The molecule has 0 aliphatic rings. The predicted molar refractivity (Wildman–Crippen MR) is 98.6 cm³/mol. The summed E-state index contributed by atoms with van der Waals surface area (Å²) in [5.41, 5.74) is 0.529. The third-order valence-electron chi connectivity index (χ3n) is 3.70. The molecule has 26 heavy (non-hydrogen) atoms. The van der Waals surface area contributed by atoms with E-state index in [1.807, 2.05) is 13.8 Å². The zero-order valence-corrected chi connectivity index (χ0v) is 16.5. The molecule has 5 nitrogen and oxygen atoms in total. The zero-order valence-electron chi connectivity index (χ0n) is 14.1. The summed E-state index contributed by atoms with van der Waals surface area (Å²) in [5.74, 6) is -2.16. The molecule has 0 aliphatic carbocycles. The molecular formula is C17H17BrF2N2O3S. The number of hydrogen-bond donors (Lipinski definition) is 1. The van der Waals surface area contributed by atoms with Crippen molar-refractivity contribution in [2.24, 2.45) is 0 Å². The lowest BCUT2D eigenvalue weighted by molar-refractivity contribution is 0.0773.